The average Bonchev–Trinajstić information content (AvgIpc) is 2.78. The number of hydrogen-bond acceptors (Lipinski definition) is 3. The van der Waals surface area contributed by atoms with Gasteiger partial charge in [-0.25, -0.2) is 0 Å². The molecule has 3 aromatic carbocycles. The summed E-state index contributed by atoms with van der Waals surface area (Å²) in [5.41, 5.74) is 0. The number of carbonyl (C=O) groups is 2. The van der Waals surface area contributed by atoms with Crippen molar-refractivity contribution in [3.8, 4) is 0 Å². The zero-order valence-corrected chi connectivity index (χ0v) is 17.5. The van der Waals surface area contributed by atoms with Crippen molar-refractivity contribution in [1.29, 1.82) is 0 Å². The second-order valence-electron chi connectivity index (χ2n) is 6.73. The summed E-state index contributed by atoms with van der Waals surface area (Å²) in [4.78, 5) is 24.7. The Balaban J connectivity index is 2.13. The molecule has 0 aromatic heterocycles. The average molecular weight is 404 g/mol. The Morgan fingerprint density at radius 1 is 0.724 bits per heavy atom. The minimum absolute atomic E-state index is 0.0821. The van der Waals surface area contributed by atoms with Gasteiger partial charge in [-0.2, -0.15) is 0 Å². The van der Waals surface area contributed by atoms with Crippen molar-refractivity contribution in [3.05, 3.63) is 103 Å². The van der Waals surface area contributed by atoms with Gasteiger partial charge in [-0.05, 0) is 0 Å². The van der Waals surface area contributed by atoms with Gasteiger partial charge < -0.3 is 0 Å². The van der Waals surface area contributed by atoms with Crippen LogP contribution in [0.5, 0.6) is 0 Å². The van der Waals surface area contributed by atoms with Crippen molar-refractivity contribution in [2.24, 2.45) is 0 Å². The standard InChI is InChI=1S/C25H25O3P/c1-2-28-25(27)19-18-21(26)20-29(22-12-6-3-7-13-22,23-14-8-4-9-15-23)24-16-10-5-11-17-24/h3-19,29H,2,20H2,1H3. The van der Waals surface area contributed by atoms with Crippen LogP contribution in [0.1, 0.15) is 6.92 Å². The van der Waals surface area contributed by atoms with E-state index >= 15 is 0 Å². The van der Waals surface area contributed by atoms with Gasteiger partial charge in [-0.1, -0.05) is 0 Å². The van der Waals surface area contributed by atoms with E-state index in [0.717, 1.165) is 15.9 Å². The van der Waals surface area contributed by atoms with Crippen LogP contribution in [0.4, 0.5) is 0 Å². The molecule has 0 aliphatic heterocycles. The second kappa shape index (κ2) is 9.95. The molecule has 0 unspecified atom stereocenters. The Hall–Kier alpha value is -3.03. The van der Waals surface area contributed by atoms with E-state index in [1.807, 2.05) is 54.6 Å². The topological polar surface area (TPSA) is 43.4 Å². The predicted molar refractivity (Wildman–Crippen MR) is 122 cm³/mol. The molecule has 3 aromatic rings. The van der Waals surface area contributed by atoms with Crippen LogP contribution in [0.25, 0.3) is 0 Å². The molecular formula is C25H25O3P. The third-order valence-electron chi connectivity index (χ3n) is 4.93. The van der Waals surface area contributed by atoms with Gasteiger partial charge in [-0.3, -0.25) is 0 Å². The minimum atomic E-state index is -2.63. The molecule has 0 amide bonds. The van der Waals surface area contributed by atoms with Crippen LogP contribution in [0.2, 0.25) is 0 Å². The summed E-state index contributed by atoms with van der Waals surface area (Å²) in [6.45, 7) is 2.03. The molecule has 0 radical (unpaired) electrons. The third kappa shape index (κ3) is 4.88. The molecule has 148 valence electrons. The van der Waals surface area contributed by atoms with Crippen LogP contribution in [0.15, 0.2) is 103 Å². The molecule has 0 aliphatic carbocycles. The Morgan fingerprint density at radius 2 is 1.14 bits per heavy atom. The van der Waals surface area contributed by atoms with Gasteiger partial charge in [0.05, 0.1) is 0 Å². The zero-order valence-electron chi connectivity index (χ0n) is 16.5. The number of hydrogen-bond donors (Lipinski definition) is 0. The van der Waals surface area contributed by atoms with E-state index in [4.69, 9.17) is 4.74 Å². The number of benzene rings is 3. The van der Waals surface area contributed by atoms with E-state index in [-0.39, 0.29) is 12.4 Å². The number of esters is 1. The first-order chi connectivity index (χ1) is 14.2. The quantitative estimate of drug-likeness (QED) is 0.328. The van der Waals surface area contributed by atoms with E-state index in [1.165, 1.54) is 12.2 Å². The van der Waals surface area contributed by atoms with Crippen molar-refractivity contribution in [1.82, 2.24) is 0 Å². The molecule has 0 fully saturated rings. The van der Waals surface area contributed by atoms with Crippen molar-refractivity contribution in [2.75, 3.05) is 12.8 Å². The molecule has 29 heavy (non-hydrogen) atoms. The van der Waals surface area contributed by atoms with Crippen LogP contribution in [-0.2, 0) is 14.3 Å². The summed E-state index contributed by atoms with van der Waals surface area (Å²) in [6.07, 6.45) is 2.92. The Labute approximate surface area is 172 Å². The van der Waals surface area contributed by atoms with Gasteiger partial charge in [0, 0.05) is 0 Å². The third-order valence-corrected chi connectivity index (χ3v) is 9.77. The summed E-state index contributed by atoms with van der Waals surface area (Å²) >= 11 is 0. The van der Waals surface area contributed by atoms with Gasteiger partial charge >= 0.3 is 172 Å². The summed E-state index contributed by atoms with van der Waals surface area (Å²) < 4.78 is 4.91. The van der Waals surface area contributed by atoms with E-state index in [1.54, 1.807) is 6.92 Å². The maximum atomic E-state index is 13.0. The maximum absolute atomic E-state index is 13.0. The van der Waals surface area contributed by atoms with Crippen molar-refractivity contribution in [2.45, 2.75) is 6.92 Å². The van der Waals surface area contributed by atoms with Crippen molar-refractivity contribution >= 4 is 34.9 Å². The first-order valence-electron chi connectivity index (χ1n) is 9.71. The Morgan fingerprint density at radius 3 is 1.52 bits per heavy atom. The van der Waals surface area contributed by atoms with E-state index in [0.29, 0.717) is 6.16 Å². The Bertz CT molecular complexity index is 870. The van der Waals surface area contributed by atoms with Crippen LogP contribution < -0.4 is 15.9 Å². The molecule has 0 atom stereocenters. The summed E-state index contributed by atoms with van der Waals surface area (Å²) in [5.74, 6) is -0.575. The predicted octanol–water partition coefficient (Wildman–Crippen LogP) is 3.40. The molecule has 0 spiro atoms. The van der Waals surface area contributed by atoms with Gasteiger partial charge in [0.2, 0.25) is 0 Å². The number of ketones is 1. The number of allylic oxidation sites excluding steroid dienone is 1. The fourth-order valence-electron chi connectivity index (χ4n) is 3.65. The molecule has 4 heteroatoms. The second-order valence-corrected chi connectivity index (χ2v) is 10.6. The fourth-order valence-corrected chi connectivity index (χ4v) is 8.18. The van der Waals surface area contributed by atoms with E-state index in [9.17, 15) is 9.59 Å². The zero-order chi connectivity index (χ0) is 20.5. The SMILES string of the molecule is CCOC(=O)C=CC(=O)C[PH](c1ccccc1)(c1ccccc1)c1ccccc1. The molecule has 3 rings (SSSR count). The van der Waals surface area contributed by atoms with Crippen LogP contribution in [0.3, 0.4) is 0 Å². The van der Waals surface area contributed by atoms with Crippen LogP contribution >= 0.6 is 7.26 Å². The molecule has 3 nitrogen and oxygen atoms in total. The summed E-state index contributed by atoms with van der Waals surface area (Å²) in [5, 5.41) is 3.49. The van der Waals surface area contributed by atoms with Crippen LogP contribution in [-0.4, -0.2) is 24.5 Å². The molecule has 0 saturated carbocycles. The van der Waals surface area contributed by atoms with E-state index < -0.39 is 13.2 Å². The van der Waals surface area contributed by atoms with Gasteiger partial charge in [0.15, 0.2) is 0 Å². The van der Waals surface area contributed by atoms with Gasteiger partial charge in [0.25, 0.3) is 0 Å². The summed E-state index contributed by atoms with van der Waals surface area (Å²) in [7, 11) is -2.63. The van der Waals surface area contributed by atoms with Crippen LogP contribution in [0, 0.1) is 0 Å². The first-order valence-corrected chi connectivity index (χ1v) is 11.9. The van der Waals surface area contributed by atoms with Gasteiger partial charge in [0.1, 0.15) is 0 Å². The summed E-state index contributed by atoms with van der Waals surface area (Å²) in [6, 6.07) is 30.7. The fraction of sp³-hybridized carbons (Fsp3) is 0.120. The molecule has 0 bridgehead atoms. The molecule has 0 saturated heterocycles. The molecule has 0 heterocycles. The monoisotopic (exact) mass is 404 g/mol. The number of rotatable bonds is 8. The normalized spacial score (nSPS) is 11.9. The Kier molecular flexibility index (Phi) is 7.10. The van der Waals surface area contributed by atoms with E-state index in [2.05, 4.69) is 36.4 Å². The first kappa shape index (κ1) is 20.7. The number of ether oxygens (including phenoxy) is 1. The molecular weight excluding hydrogens is 379 g/mol. The molecule has 0 N–H and O–H groups in total. The van der Waals surface area contributed by atoms with Crippen molar-refractivity contribution in [3.63, 3.8) is 0 Å². The number of carbonyl (C=O) groups excluding carboxylic acids is 2. The molecule has 0 aliphatic rings. The van der Waals surface area contributed by atoms with Gasteiger partial charge in [-0.15, -0.1) is 0 Å². The van der Waals surface area contributed by atoms with Crippen molar-refractivity contribution < 1.29 is 14.3 Å².